The fourth-order valence-corrected chi connectivity index (χ4v) is 4.17. The lowest BCUT2D eigenvalue weighted by molar-refractivity contribution is -0.117. The number of sulfone groups is 1. The van der Waals surface area contributed by atoms with Crippen LogP contribution < -0.4 is 4.90 Å². The predicted octanol–water partition coefficient (Wildman–Crippen LogP) is 4.24. The number of hydrogen-bond donors (Lipinski definition) is 0. The molecule has 0 spiro atoms. The number of hydrogen-bond acceptors (Lipinski definition) is 3. The molecular weight excluding hydrogens is 414 g/mol. The third-order valence-corrected chi connectivity index (χ3v) is 6.14. The molecule has 0 aliphatic heterocycles. The molecule has 0 fully saturated rings. The molecule has 0 radical (unpaired) electrons. The van der Waals surface area contributed by atoms with Crippen LogP contribution >= 0.6 is 27.5 Å². The minimum atomic E-state index is -3.49. The van der Waals surface area contributed by atoms with Crippen LogP contribution in [0.3, 0.4) is 0 Å². The SMILES string of the molecule is Cc1ccc(S(=O)(=O)CCC(=O)N(C)c2ccc(Br)cc2Cl)cc1. The predicted molar refractivity (Wildman–Crippen MR) is 100 cm³/mol. The molecule has 4 nitrogen and oxygen atoms in total. The van der Waals surface area contributed by atoms with E-state index in [9.17, 15) is 13.2 Å². The summed E-state index contributed by atoms with van der Waals surface area (Å²) in [5.41, 5.74) is 1.52. The smallest absolute Gasteiger partial charge is 0.227 e. The van der Waals surface area contributed by atoms with Gasteiger partial charge in [-0.05, 0) is 37.3 Å². The summed E-state index contributed by atoms with van der Waals surface area (Å²) in [5.74, 6) is -0.553. The van der Waals surface area contributed by atoms with E-state index in [2.05, 4.69) is 15.9 Å². The van der Waals surface area contributed by atoms with Gasteiger partial charge in [0.2, 0.25) is 5.91 Å². The van der Waals surface area contributed by atoms with Gasteiger partial charge in [0.25, 0.3) is 0 Å². The summed E-state index contributed by atoms with van der Waals surface area (Å²) in [7, 11) is -1.91. The van der Waals surface area contributed by atoms with Crippen LogP contribution in [0.15, 0.2) is 51.8 Å². The molecule has 0 unspecified atom stereocenters. The maximum atomic E-state index is 12.3. The average Bonchev–Trinajstić information content (AvgIpc) is 2.52. The summed E-state index contributed by atoms with van der Waals surface area (Å²) in [6, 6.07) is 11.8. The van der Waals surface area contributed by atoms with Gasteiger partial charge >= 0.3 is 0 Å². The number of nitrogens with zero attached hydrogens (tertiary/aromatic N) is 1. The molecule has 0 saturated carbocycles. The maximum Gasteiger partial charge on any atom is 0.227 e. The van der Waals surface area contributed by atoms with E-state index in [-0.39, 0.29) is 23.0 Å². The third-order valence-electron chi connectivity index (χ3n) is 3.61. The van der Waals surface area contributed by atoms with E-state index in [0.29, 0.717) is 10.7 Å². The van der Waals surface area contributed by atoms with Gasteiger partial charge in [-0.3, -0.25) is 4.79 Å². The molecule has 128 valence electrons. The van der Waals surface area contributed by atoms with Gasteiger partial charge in [-0.15, -0.1) is 0 Å². The Kier molecular flexibility index (Phi) is 6.06. The van der Waals surface area contributed by atoms with Crippen LogP contribution in [0, 0.1) is 6.92 Å². The minimum Gasteiger partial charge on any atom is -0.314 e. The summed E-state index contributed by atoms with van der Waals surface area (Å²) in [6.07, 6.45) is -0.112. The number of rotatable bonds is 5. The standard InChI is InChI=1S/C17H17BrClNO3S/c1-12-3-6-14(7-4-12)24(22,23)10-9-17(21)20(2)16-8-5-13(18)11-15(16)19/h3-8,11H,9-10H2,1-2H3. The highest BCUT2D eigenvalue weighted by Crippen LogP contribution is 2.28. The van der Waals surface area contributed by atoms with Gasteiger partial charge in [0, 0.05) is 17.9 Å². The van der Waals surface area contributed by atoms with Crippen molar-refractivity contribution in [1.29, 1.82) is 0 Å². The van der Waals surface area contributed by atoms with Crippen LogP contribution in [0.2, 0.25) is 5.02 Å². The molecule has 24 heavy (non-hydrogen) atoms. The first-order valence-electron chi connectivity index (χ1n) is 7.22. The molecule has 0 heterocycles. The summed E-state index contributed by atoms with van der Waals surface area (Å²) < 4.78 is 25.4. The second kappa shape index (κ2) is 7.68. The number of halogens is 2. The number of carbonyl (C=O) groups excluding carboxylic acids is 1. The first-order chi connectivity index (χ1) is 11.2. The number of anilines is 1. The highest BCUT2D eigenvalue weighted by Gasteiger charge is 2.20. The van der Waals surface area contributed by atoms with Crippen molar-refractivity contribution in [3.8, 4) is 0 Å². The van der Waals surface area contributed by atoms with Gasteiger partial charge in [-0.1, -0.05) is 45.2 Å². The van der Waals surface area contributed by atoms with Gasteiger partial charge in [0.05, 0.1) is 21.4 Å². The van der Waals surface area contributed by atoms with Crippen molar-refractivity contribution in [2.24, 2.45) is 0 Å². The lowest BCUT2D eigenvalue weighted by Gasteiger charge is -2.19. The molecule has 0 N–H and O–H groups in total. The molecule has 0 aliphatic carbocycles. The van der Waals surface area contributed by atoms with E-state index in [4.69, 9.17) is 11.6 Å². The number of carbonyl (C=O) groups is 1. The third kappa shape index (κ3) is 4.59. The van der Waals surface area contributed by atoms with Gasteiger partial charge in [0.15, 0.2) is 9.84 Å². The lowest BCUT2D eigenvalue weighted by Crippen LogP contribution is -2.28. The first-order valence-corrected chi connectivity index (χ1v) is 10.0. The molecule has 1 amide bonds. The van der Waals surface area contributed by atoms with Crippen molar-refractivity contribution >= 4 is 49.0 Å². The van der Waals surface area contributed by atoms with Crippen molar-refractivity contribution in [1.82, 2.24) is 0 Å². The molecule has 7 heteroatoms. The molecule has 0 atom stereocenters. The highest BCUT2D eigenvalue weighted by molar-refractivity contribution is 9.10. The fourth-order valence-electron chi connectivity index (χ4n) is 2.14. The average molecular weight is 431 g/mol. The summed E-state index contributed by atoms with van der Waals surface area (Å²) in [4.78, 5) is 13.9. The van der Waals surface area contributed by atoms with Gasteiger partial charge < -0.3 is 4.90 Å². The Morgan fingerprint density at radius 1 is 1.17 bits per heavy atom. The Labute approximate surface area is 155 Å². The second-order valence-corrected chi connectivity index (χ2v) is 8.86. The van der Waals surface area contributed by atoms with E-state index < -0.39 is 9.84 Å². The normalized spacial score (nSPS) is 11.3. The Hall–Kier alpha value is -1.37. The number of aryl methyl sites for hydroxylation is 1. The zero-order chi connectivity index (χ0) is 17.9. The van der Waals surface area contributed by atoms with Crippen LogP contribution in [-0.4, -0.2) is 27.1 Å². The van der Waals surface area contributed by atoms with Crippen LogP contribution in [0.5, 0.6) is 0 Å². The van der Waals surface area contributed by atoms with E-state index in [1.54, 1.807) is 49.5 Å². The van der Waals surface area contributed by atoms with Gasteiger partial charge in [-0.2, -0.15) is 0 Å². The Morgan fingerprint density at radius 3 is 2.38 bits per heavy atom. The Balaban J connectivity index is 2.08. The van der Waals surface area contributed by atoms with Crippen LogP contribution in [0.1, 0.15) is 12.0 Å². The monoisotopic (exact) mass is 429 g/mol. The Bertz CT molecular complexity index is 851. The maximum absolute atomic E-state index is 12.3. The van der Waals surface area contributed by atoms with Crippen molar-refractivity contribution in [3.05, 3.63) is 57.5 Å². The van der Waals surface area contributed by atoms with E-state index in [1.807, 2.05) is 6.92 Å². The lowest BCUT2D eigenvalue weighted by atomic mass is 10.2. The van der Waals surface area contributed by atoms with Crippen molar-refractivity contribution in [2.75, 3.05) is 17.7 Å². The summed E-state index contributed by atoms with van der Waals surface area (Å²) >= 11 is 9.43. The number of amides is 1. The quantitative estimate of drug-likeness (QED) is 0.713. The summed E-state index contributed by atoms with van der Waals surface area (Å²) in [6.45, 7) is 1.89. The summed E-state index contributed by atoms with van der Waals surface area (Å²) in [5, 5.41) is 0.418. The molecule has 2 aromatic carbocycles. The van der Waals surface area contributed by atoms with Crippen molar-refractivity contribution in [3.63, 3.8) is 0 Å². The largest absolute Gasteiger partial charge is 0.314 e. The highest BCUT2D eigenvalue weighted by atomic mass is 79.9. The molecule has 0 aromatic heterocycles. The van der Waals surface area contributed by atoms with E-state index in [0.717, 1.165) is 10.0 Å². The Morgan fingerprint density at radius 2 is 1.79 bits per heavy atom. The van der Waals surface area contributed by atoms with E-state index >= 15 is 0 Å². The second-order valence-electron chi connectivity index (χ2n) is 5.43. The zero-order valence-corrected chi connectivity index (χ0v) is 16.5. The van der Waals surface area contributed by atoms with E-state index in [1.165, 1.54) is 4.90 Å². The van der Waals surface area contributed by atoms with Crippen molar-refractivity contribution in [2.45, 2.75) is 18.2 Å². The molecular formula is C17H17BrClNO3S. The molecule has 0 aliphatic rings. The fraction of sp³-hybridized carbons (Fsp3) is 0.235. The molecule has 0 bridgehead atoms. The topological polar surface area (TPSA) is 54.5 Å². The first kappa shape index (κ1) is 19.0. The molecule has 2 aromatic rings. The van der Waals surface area contributed by atoms with Crippen LogP contribution in [0.4, 0.5) is 5.69 Å². The van der Waals surface area contributed by atoms with Crippen LogP contribution in [0.25, 0.3) is 0 Å². The van der Waals surface area contributed by atoms with Gasteiger partial charge in [0.1, 0.15) is 0 Å². The minimum absolute atomic E-state index is 0.112. The van der Waals surface area contributed by atoms with Crippen molar-refractivity contribution < 1.29 is 13.2 Å². The molecule has 0 saturated heterocycles. The van der Waals surface area contributed by atoms with Crippen LogP contribution in [-0.2, 0) is 14.6 Å². The van der Waals surface area contributed by atoms with Gasteiger partial charge in [-0.25, -0.2) is 8.42 Å². The molecule has 2 rings (SSSR count). The zero-order valence-electron chi connectivity index (χ0n) is 13.3. The number of benzene rings is 2.